The van der Waals surface area contributed by atoms with E-state index in [0.717, 1.165) is 5.56 Å². The SMILES string of the molecule is COc1cc(/C=C(\C#N)C(N)=O)ccc1OCc1ccc(C)cc1. The van der Waals surface area contributed by atoms with Gasteiger partial charge in [0.2, 0.25) is 0 Å². The van der Waals surface area contributed by atoms with Crippen LogP contribution in [0.3, 0.4) is 0 Å². The number of nitrogens with two attached hydrogens (primary N) is 1. The van der Waals surface area contributed by atoms with Crippen LogP contribution >= 0.6 is 0 Å². The molecular weight excluding hydrogens is 304 g/mol. The molecule has 1 amide bonds. The van der Waals surface area contributed by atoms with Gasteiger partial charge in [0.05, 0.1) is 7.11 Å². The number of amides is 1. The van der Waals surface area contributed by atoms with E-state index in [-0.39, 0.29) is 5.57 Å². The molecule has 0 saturated heterocycles. The number of rotatable bonds is 6. The van der Waals surface area contributed by atoms with Crippen LogP contribution < -0.4 is 15.2 Å². The van der Waals surface area contributed by atoms with Crippen LogP contribution in [0.25, 0.3) is 6.08 Å². The normalized spacial score (nSPS) is 10.8. The first-order valence-corrected chi connectivity index (χ1v) is 7.31. The second-order valence-electron chi connectivity index (χ2n) is 5.22. The van der Waals surface area contributed by atoms with Crippen LogP contribution in [0.2, 0.25) is 0 Å². The fourth-order valence-corrected chi connectivity index (χ4v) is 2.06. The number of hydrogen-bond donors (Lipinski definition) is 1. The van der Waals surface area contributed by atoms with Crippen molar-refractivity contribution in [2.45, 2.75) is 13.5 Å². The average Bonchev–Trinajstić information content (AvgIpc) is 2.59. The standard InChI is InChI=1S/C19H18N2O3/c1-13-3-5-14(6-4-13)12-24-17-8-7-15(10-18(17)23-2)9-16(11-20)19(21)22/h3-10H,12H2,1-2H3,(H2,21,22)/b16-9+. The van der Waals surface area contributed by atoms with Crippen molar-refractivity contribution in [2.24, 2.45) is 5.73 Å². The van der Waals surface area contributed by atoms with Gasteiger partial charge >= 0.3 is 0 Å². The molecule has 0 bridgehead atoms. The van der Waals surface area contributed by atoms with Crippen LogP contribution in [-0.4, -0.2) is 13.0 Å². The van der Waals surface area contributed by atoms with Gasteiger partial charge in [-0.2, -0.15) is 5.26 Å². The summed E-state index contributed by atoms with van der Waals surface area (Å²) in [6.07, 6.45) is 1.41. The van der Waals surface area contributed by atoms with Crippen molar-refractivity contribution in [1.29, 1.82) is 5.26 Å². The third-order valence-electron chi connectivity index (χ3n) is 3.40. The molecular formula is C19H18N2O3. The molecule has 2 aromatic rings. The summed E-state index contributed by atoms with van der Waals surface area (Å²) in [5.74, 6) is 0.321. The van der Waals surface area contributed by atoms with Crippen LogP contribution in [0, 0.1) is 18.3 Å². The molecule has 0 aromatic heterocycles. The van der Waals surface area contributed by atoms with Gasteiger partial charge in [-0.05, 0) is 36.3 Å². The van der Waals surface area contributed by atoms with E-state index < -0.39 is 5.91 Å². The summed E-state index contributed by atoms with van der Waals surface area (Å²) in [7, 11) is 1.53. The minimum atomic E-state index is -0.767. The van der Waals surface area contributed by atoms with Gasteiger partial charge in [-0.15, -0.1) is 0 Å². The Morgan fingerprint density at radius 1 is 1.21 bits per heavy atom. The number of nitrogens with zero attached hydrogens (tertiary/aromatic N) is 1. The molecule has 2 aromatic carbocycles. The molecule has 0 saturated carbocycles. The number of hydrogen-bond acceptors (Lipinski definition) is 4. The summed E-state index contributed by atoms with van der Waals surface area (Å²) in [6, 6.07) is 15.0. The molecule has 2 rings (SSSR count). The first-order chi connectivity index (χ1) is 11.5. The highest BCUT2D eigenvalue weighted by Gasteiger charge is 2.08. The van der Waals surface area contributed by atoms with Crippen molar-refractivity contribution in [3.63, 3.8) is 0 Å². The monoisotopic (exact) mass is 322 g/mol. The zero-order valence-electron chi connectivity index (χ0n) is 13.6. The summed E-state index contributed by atoms with van der Waals surface area (Å²) in [5, 5.41) is 8.89. The Labute approximate surface area is 140 Å². The Morgan fingerprint density at radius 3 is 2.50 bits per heavy atom. The highest BCUT2D eigenvalue weighted by molar-refractivity contribution is 6.00. The van der Waals surface area contributed by atoms with E-state index in [0.29, 0.717) is 23.7 Å². The van der Waals surface area contributed by atoms with Gasteiger partial charge in [-0.3, -0.25) is 4.79 Å². The van der Waals surface area contributed by atoms with Gasteiger partial charge in [0.25, 0.3) is 5.91 Å². The Balaban J connectivity index is 2.18. The Bertz CT molecular complexity index is 802. The fourth-order valence-electron chi connectivity index (χ4n) is 2.06. The van der Waals surface area contributed by atoms with E-state index >= 15 is 0 Å². The number of benzene rings is 2. The molecule has 5 heteroatoms. The Hall–Kier alpha value is -3.26. The molecule has 0 spiro atoms. The molecule has 0 atom stereocenters. The van der Waals surface area contributed by atoms with E-state index in [9.17, 15) is 4.79 Å². The van der Waals surface area contributed by atoms with Crippen molar-refractivity contribution in [2.75, 3.05) is 7.11 Å². The molecule has 0 aliphatic heterocycles. The third-order valence-corrected chi connectivity index (χ3v) is 3.40. The van der Waals surface area contributed by atoms with E-state index in [2.05, 4.69) is 0 Å². The average molecular weight is 322 g/mol. The minimum Gasteiger partial charge on any atom is -0.493 e. The van der Waals surface area contributed by atoms with Crippen LogP contribution in [0.5, 0.6) is 11.5 Å². The van der Waals surface area contributed by atoms with Gasteiger partial charge in [-0.1, -0.05) is 35.9 Å². The van der Waals surface area contributed by atoms with Crippen molar-refractivity contribution < 1.29 is 14.3 Å². The maximum atomic E-state index is 11.1. The Kier molecular flexibility index (Phi) is 5.58. The molecule has 5 nitrogen and oxygen atoms in total. The lowest BCUT2D eigenvalue weighted by Gasteiger charge is -2.11. The Morgan fingerprint density at radius 2 is 1.92 bits per heavy atom. The highest BCUT2D eigenvalue weighted by Crippen LogP contribution is 2.29. The van der Waals surface area contributed by atoms with E-state index in [4.69, 9.17) is 20.5 Å². The lowest BCUT2D eigenvalue weighted by molar-refractivity contribution is -0.114. The van der Waals surface area contributed by atoms with Crippen molar-refractivity contribution >= 4 is 12.0 Å². The largest absolute Gasteiger partial charge is 0.493 e. The summed E-state index contributed by atoms with van der Waals surface area (Å²) in [6.45, 7) is 2.44. The van der Waals surface area contributed by atoms with Crippen molar-refractivity contribution in [3.8, 4) is 17.6 Å². The van der Waals surface area contributed by atoms with Crippen LogP contribution in [0.4, 0.5) is 0 Å². The molecule has 122 valence electrons. The smallest absolute Gasteiger partial charge is 0.259 e. The summed E-state index contributed by atoms with van der Waals surface area (Å²) in [5.41, 5.74) is 7.88. The van der Waals surface area contributed by atoms with Gasteiger partial charge in [-0.25, -0.2) is 0 Å². The molecule has 0 radical (unpaired) electrons. The first-order valence-electron chi connectivity index (χ1n) is 7.31. The maximum Gasteiger partial charge on any atom is 0.259 e. The molecule has 0 unspecified atom stereocenters. The van der Waals surface area contributed by atoms with Gasteiger partial charge < -0.3 is 15.2 Å². The molecule has 0 fully saturated rings. The summed E-state index contributed by atoms with van der Waals surface area (Å²) >= 11 is 0. The number of nitriles is 1. The number of aryl methyl sites for hydroxylation is 1. The van der Waals surface area contributed by atoms with Crippen molar-refractivity contribution in [3.05, 3.63) is 64.7 Å². The van der Waals surface area contributed by atoms with E-state index in [1.165, 1.54) is 18.7 Å². The number of carbonyl (C=O) groups excluding carboxylic acids is 1. The lowest BCUT2D eigenvalue weighted by Crippen LogP contribution is -2.12. The third kappa shape index (κ3) is 4.37. The highest BCUT2D eigenvalue weighted by atomic mass is 16.5. The molecule has 0 aliphatic rings. The number of ether oxygens (including phenoxy) is 2. The molecule has 0 aliphatic carbocycles. The van der Waals surface area contributed by atoms with Crippen LogP contribution in [0.1, 0.15) is 16.7 Å². The second-order valence-corrected chi connectivity index (χ2v) is 5.22. The zero-order chi connectivity index (χ0) is 17.5. The molecule has 2 N–H and O–H groups in total. The quantitative estimate of drug-likeness (QED) is 0.654. The fraction of sp³-hybridized carbons (Fsp3) is 0.158. The first kappa shape index (κ1) is 17.1. The van der Waals surface area contributed by atoms with Crippen molar-refractivity contribution in [1.82, 2.24) is 0 Å². The van der Waals surface area contributed by atoms with Gasteiger partial charge in [0.15, 0.2) is 11.5 Å². The molecule has 24 heavy (non-hydrogen) atoms. The zero-order valence-corrected chi connectivity index (χ0v) is 13.6. The predicted octanol–water partition coefficient (Wildman–Crippen LogP) is 2.97. The second kappa shape index (κ2) is 7.84. The summed E-state index contributed by atoms with van der Waals surface area (Å²) in [4.78, 5) is 11.1. The van der Waals surface area contributed by atoms with Gasteiger partial charge in [0.1, 0.15) is 18.2 Å². The number of carbonyl (C=O) groups is 1. The molecule has 0 heterocycles. The van der Waals surface area contributed by atoms with Crippen LogP contribution in [-0.2, 0) is 11.4 Å². The van der Waals surface area contributed by atoms with E-state index in [1.807, 2.05) is 31.2 Å². The van der Waals surface area contributed by atoms with Crippen LogP contribution in [0.15, 0.2) is 48.0 Å². The topological polar surface area (TPSA) is 85.3 Å². The maximum absolute atomic E-state index is 11.1. The summed E-state index contributed by atoms with van der Waals surface area (Å²) < 4.78 is 11.1. The predicted molar refractivity (Wildman–Crippen MR) is 91.3 cm³/mol. The number of primary amides is 1. The van der Waals surface area contributed by atoms with E-state index in [1.54, 1.807) is 24.3 Å². The number of methoxy groups -OCH3 is 1. The lowest BCUT2D eigenvalue weighted by atomic mass is 10.1. The van der Waals surface area contributed by atoms with Gasteiger partial charge in [0, 0.05) is 0 Å². The minimum absolute atomic E-state index is 0.120.